The Morgan fingerprint density at radius 2 is 2.04 bits per heavy atom. The molecule has 0 atom stereocenters. The van der Waals surface area contributed by atoms with E-state index in [1.807, 2.05) is 0 Å². The monoisotopic (exact) mass is 377 g/mol. The van der Waals surface area contributed by atoms with Gasteiger partial charge in [-0.05, 0) is 36.8 Å². The molecular formula is C17H16ClN3O5. The molecule has 8 nitrogen and oxygen atoms in total. The maximum atomic E-state index is 12.7. The molecule has 1 amide bonds. The van der Waals surface area contributed by atoms with E-state index in [-0.39, 0.29) is 18.7 Å². The summed E-state index contributed by atoms with van der Waals surface area (Å²) in [4.78, 5) is 35.3. The summed E-state index contributed by atoms with van der Waals surface area (Å²) in [5.41, 5.74) is 5.53. The van der Waals surface area contributed by atoms with Crippen molar-refractivity contribution in [2.45, 2.75) is 13.5 Å². The van der Waals surface area contributed by atoms with Crippen LogP contribution in [0.1, 0.15) is 33.2 Å². The normalized spacial score (nSPS) is 10.3. The van der Waals surface area contributed by atoms with Gasteiger partial charge in [-0.25, -0.2) is 4.79 Å². The highest BCUT2D eigenvalue weighted by Gasteiger charge is 2.28. The maximum absolute atomic E-state index is 12.7. The second-order valence-electron chi connectivity index (χ2n) is 5.14. The summed E-state index contributed by atoms with van der Waals surface area (Å²) >= 11 is 5.90. The number of nitro groups is 1. The zero-order valence-electron chi connectivity index (χ0n) is 13.8. The Labute approximate surface area is 154 Å². The highest BCUT2D eigenvalue weighted by molar-refractivity contribution is 6.30. The fraction of sp³-hybridized carbons (Fsp3) is 0.176. The van der Waals surface area contributed by atoms with E-state index in [1.165, 1.54) is 12.1 Å². The lowest BCUT2D eigenvalue weighted by molar-refractivity contribution is -0.385. The molecule has 0 aliphatic carbocycles. The molecule has 0 aromatic heterocycles. The Bertz CT molecular complexity index is 869. The van der Waals surface area contributed by atoms with E-state index in [1.54, 1.807) is 25.1 Å². The number of benzene rings is 2. The number of hydrogen-bond donors (Lipinski definition) is 2. The largest absolute Gasteiger partial charge is 0.462 e. The molecule has 136 valence electrons. The lowest BCUT2D eigenvalue weighted by Crippen LogP contribution is -2.20. The third-order valence-electron chi connectivity index (χ3n) is 3.50. The number of hydrogen-bond acceptors (Lipinski definition) is 6. The number of nitro benzene ring substituents is 1. The third-order valence-corrected chi connectivity index (χ3v) is 3.73. The number of ether oxygens (including phenoxy) is 1. The zero-order chi connectivity index (χ0) is 19.3. The molecule has 0 aliphatic rings. The van der Waals surface area contributed by atoms with Crippen molar-refractivity contribution in [3.8, 4) is 0 Å². The Morgan fingerprint density at radius 1 is 1.31 bits per heavy atom. The van der Waals surface area contributed by atoms with Crippen molar-refractivity contribution in [1.82, 2.24) is 0 Å². The molecular weight excluding hydrogens is 362 g/mol. The van der Waals surface area contributed by atoms with Crippen LogP contribution >= 0.6 is 11.6 Å². The molecule has 0 radical (unpaired) electrons. The Hall–Kier alpha value is -2.97. The smallest absolute Gasteiger partial charge is 0.345 e. The van der Waals surface area contributed by atoms with Crippen molar-refractivity contribution >= 4 is 34.9 Å². The predicted octanol–water partition coefficient (Wildman–Crippen LogP) is 3.14. The van der Waals surface area contributed by atoms with Crippen LogP contribution < -0.4 is 11.1 Å². The molecule has 2 aromatic rings. The second kappa shape index (κ2) is 8.41. The fourth-order valence-corrected chi connectivity index (χ4v) is 2.54. The van der Waals surface area contributed by atoms with E-state index in [0.29, 0.717) is 16.3 Å². The molecule has 0 bridgehead atoms. The number of halogens is 1. The molecule has 2 rings (SSSR count). The van der Waals surface area contributed by atoms with Gasteiger partial charge in [0.15, 0.2) is 0 Å². The summed E-state index contributed by atoms with van der Waals surface area (Å²) in [6, 6.07) is 8.49. The second-order valence-corrected chi connectivity index (χ2v) is 5.57. The van der Waals surface area contributed by atoms with E-state index >= 15 is 0 Å². The minimum atomic E-state index is -0.944. The summed E-state index contributed by atoms with van der Waals surface area (Å²) in [6.45, 7) is 1.70. The van der Waals surface area contributed by atoms with Crippen LogP contribution in [-0.2, 0) is 11.3 Å². The summed E-state index contributed by atoms with van der Waals surface area (Å²) in [5.74, 6) is -1.64. The van der Waals surface area contributed by atoms with Gasteiger partial charge in [0, 0.05) is 23.3 Å². The number of rotatable bonds is 6. The van der Waals surface area contributed by atoms with Crippen molar-refractivity contribution in [2.24, 2.45) is 5.73 Å². The Balaban J connectivity index is 2.47. The summed E-state index contributed by atoms with van der Waals surface area (Å²) in [7, 11) is 0. The number of carbonyl (C=O) groups excluding carboxylic acids is 2. The first kappa shape index (κ1) is 19.4. The van der Waals surface area contributed by atoms with Crippen LogP contribution in [0.4, 0.5) is 11.4 Å². The Morgan fingerprint density at radius 3 is 2.65 bits per heavy atom. The van der Waals surface area contributed by atoms with Crippen molar-refractivity contribution in [3.63, 3.8) is 0 Å². The number of anilines is 1. The van der Waals surface area contributed by atoms with Crippen molar-refractivity contribution in [1.29, 1.82) is 0 Å². The summed E-state index contributed by atoms with van der Waals surface area (Å²) in [6.07, 6.45) is 0. The standard InChI is InChI=1S/C17H16ClN3O5/c1-2-26-17(23)15-12(4-3-5-14(15)21(24)25)16(22)20-13-7-6-11(18)8-10(13)9-19/h3-8H,2,9,19H2,1H3,(H,20,22). The zero-order valence-corrected chi connectivity index (χ0v) is 14.6. The maximum Gasteiger partial charge on any atom is 0.345 e. The number of carbonyl (C=O) groups is 2. The van der Waals surface area contributed by atoms with Crippen LogP contribution in [0.2, 0.25) is 5.02 Å². The molecule has 0 unspecified atom stereocenters. The van der Waals surface area contributed by atoms with Crippen molar-refractivity contribution in [2.75, 3.05) is 11.9 Å². The van der Waals surface area contributed by atoms with Crippen LogP contribution in [0.3, 0.4) is 0 Å². The van der Waals surface area contributed by atoms with Gasteiger partial charge < -0.3 is 15.8 Å². The number of amides is 1. The molecule has 0 saturated heterocycles. The molecule has 2 aromatic carbocycles. The van der Waals surface area contributed by atoms with Gasteiger partial charge >= 0.3 is 5.97 Å². The Kier molecular flexibility index (Phi) is 6.26. The minimum Gasteiger partial charge on any atom is -0.462 e. The molecule has 3 N–H and O–H groups in total. The molecule has 0 fully saturated rings. The quantitative estimate of drug-likeness (QED) is 0.452. The van der Waals surface area contributed by atoms with Crippen molar-refractivity contribution < 1.29 is 19.2 Å². The highest BCUT2D eigenvalue weighted by atomic mass is 35.5. The highest BCUT2D eigenvalue weighted by Crippen LogP contribution is 2.26. The number of nitrogens with one attached hydrogen (secondary N) is 1. The average Bonchev–Trinajstić information content (AvgIpc) is 2.62. The van der Waals surface area contributed by atoms with E-state index in [4.69, 9.17) is 22.1 Å². The van der Waals surface area contributed by atoms with Gasteiger partial charge in [-0.3, -0.25) is 14.9 Å². The third kappa shape index (κ3) is 4.16. The first-order chi connectivity index (χ1) is 12.4. The average molecular weight is 378 g/mol. The van der Waals surface area contributed by atoms with Crippen LogP contribution in [0, 0.1) is 10.1 Å². The lowest BCUT2D eigenvalue weighted by Gasteiger charge is -2.12. The van der Waals surface area contributed by atoms with Gasteiger partial charge in [-0.15, -0.1) is 0 Å². The fourth-order valence-electron chi connectivity index (χ4n) is 2.34. The molecule has 0 spiro atoms. The van der Waals surface area contributed by atoms with Gasteiger partial charge in [0.05, 0.1) is 17.1 Å². The van der Waals surface area contributed by atoms with Crippen LogP contribution in [0.25, 0.3) is 0 Å². The predicted molar refractivity (Wildman–Crippen MR) is 96.3 cm³/mol. The van der Waals surface area contributed by atoms with E-state index < -0.39 is 28.1 Å². The first-order valence-electron chi connectivity index (χ1n) is 7.63. The number of nitrogens with two attached hydrogens (primary N) is 1. The number of nitrogens with zero attached hydrogens (tertiary/aromatic N) is 1. The molecule has 0 heterocycles. The summed E-state index contributed by atoms with van der Waals surface area (Å²) in [5, 5.41) is 14.3. The van der Waals surface area contributed by atoms with Gasteiger partial charge in [-0.2, -0.15) is 0 Å². The molecule has 0 aliphatic heterocycles. The van der Waals surface area contributed by atoms with Crippen LogP contribution in [-0.4, -0.2) is 23.4 Å². The van der Waals surface area contributed by atoms with Crippen LogP contribution in [0.15, 0.2) is 36.4 Å². The summed E-state index contributed by atoms with van der Waals surface area (Å²) < 4.78 is 4.86. The van der Waals surface area contributed by atoms with Crippen LogP contribution in [0.5, 0.6) is 0 Å². The van der Waals surface area contributed by atoms with E-state index in [2.05, 4.69) is 5.32 Å². The first-order valence-corrected chi connectivity index (χ1v) is 8.01. The van der Waals surface area contributed by atoms with Gasteiger partial charge in [0.2, 0.25) is 0 Å². The van der Waals surface area contributed by atoms with Gasteiger partial charge in [-0.1, -0.05) is 17.7 Å². The van der Waals surface area contributed by atoms with Crippen molar-refractivity contribution in [3.05, 3.63) is 68.2 Å². The van der Waals surface area contributed by atoms with Gasteiger partial charge in [0.25, 0.3) is 11.6 Å². The topological polar surface area (TPSA) is 125 Å². The lowest BCUT2D eigenvalue weighted by atomic mass is 10.0. The molecule has 26 heavy (non-hydrogen) atoms. The minimum absolute atomic E-state index is 0.0143. The van der Waals surface area contributed by atoms with E-state index in [9.17, 15) is 19.7 Å². The van der Waals surface area contributed by atoms with Gasteiger partial charge in [0.1, 0.15) is 5.56 Å². The molecule has 9 heteroatoms. The number of esters is 1. The molecule has 0 saturated carbocycles. The van der Waals surface area contributed by atoms with E-state index in [0.717, 1.165) is 6.07 Å². The SMILES string of the molecule is CCOC(=O)c1c(C(=O)Nc2ccc(Cl)cc2CN)cccc1[N+](=O)[O-].